The Morgan fingerprint density at radius 3 is 2.15 bits per heavy atom. The lowest BCUT2D eigenvalue weighted by atomic mass is 9.93. The largest absolute Gasteiger partial charge is 0.370 e. The van der Waals surface area contributed by atoms with Crippen molar-refractivity contribution in [3.63, 3.8) is 0 Å². The van der Waals surface area contributed by atoms with Crippen molar-refractivity contribution < 1.29 is 4.79 Å². The smallest absolute Gasteiger partial charge is 0.243 e. The molecular weight excluding hydrogens is 248 g/mol. The molecule has 0 saturated heterocycles. The van der Waals surface area contributed by atoms with Crippen LogP contribution in [0.25, 0.3) is 0 Å². The molecule has 1 aliphatic rings. The van der Waals surface area contributed by atoms with Gasteiger partial charge in [0.25, 0.3) is 0 Å². The molecule has 3 nitrogen and oxygen atoms in total. The maximum absolute atomic E-state index is 12.1. The van der Waals surface area contributed by atoms with Gasteiger partial charge in [-0.1, -0.05) is 42.5 Å². The number of hydrogen-bond donors (Lipinski definition) is 2. The molecule has 0 aliphatic heterocycles. The highest BCUT2D eigenvalue weighted by molar-refractivity contribution is 5.90. The van der Waals surface area contributed by atoms with Gasteiger partial charge in [-0.2, -0.15) is 0 Å². The van der Waals surface area contributed by atoms with E-state index in [1.54, 1.807) is 0 Å². The maximum Gasteiger partial charge on any atom is 0.243 e. The molecule has 2 aromatic carbocycles. The Hall–Kier alpha value is -2.29. The molecule has 3 heteroatoms. The Morgan fingerprint density at radius 2 is 1.60 bits per heavy atom. The summed E-state index contributed by atoms with van der Waals surface area (Å²) >= 11 is 0. The number of nitrogens with two attached hydrogens (primary N) is 1. The number of rotatable bonds is 3. The summed E-state index contributed by atoms with van der Waals surface area (Å²) in [5.74, 6) is -0.294. The minimum Gasteiger partial charge on any atom is -0.370 e. The van der Waals surface area contributed by atoms with Gasteiger partial charge in [-0.25, -0.2) is 0 Å². The van der Waals surface area contributed by atoms with Crippen molar-refractivity contribution in [3.05, 3.63) is 65.2 Å². The number of fused-ring (bicyclic) bond motifs is 1. The van der Waals surface area contributed by atoms with Crippen LogP contribution in [0.4, 0.5) is 5.69 Å². The standard InChI is InChI=1S/C17H18N2O/c1-12-6-2-5-9-15(12)19-17(16(18)20)10-13-7-3-4-8-14(13)11-17/h2-9,19H,10-11H2,1H3,(H2,18,20). The van der Waals surface area contributed by atoms with Gasteiger partial charge in [0.05, 0.1) is 0 Å². The number of primary amides is 1. The third-order valence-corrected chi connectivity index (χ3v) is 4.09. The second-order valence-electron chi connectivity index (χ2n) is 5.51. The number of nitrogens with one attached hydrogen (secondary N) is 1. The molecule has 0 unspecified atom stereocenters. The first kappa shape index (κ1) is 12.7. The van der Waals surface area contributed by atoms with Crippen LogP contribution < -0.4 is 11.1 Å². The highest BCUT2D eigenvalue weighted by Crippen LogP contribution is 2.33. The topological polar surface area (TPSA) is 55.1 Å². The third kappa shape index (κ3) is 2.05. The molecule has 0 heterocycles. The van der Waals surface area contributed by atoms with Gasteiger partial charge in [-0.15, -0.1) is 0 Å². The van der Waals surface area contributed by atoms with Gasteiger partial charge in [0.15, 0.2) is 0 Å². The van der Waals surface area contributed by atoms with Gasteiger partial charge in [0.2, 0.25) is 5.91 Å². The first-order valence-corrected chi connectivity index (χ1v) is 6.81. The van der Waals surface area contributed by atoms with E-state index in [0.717, 1.165) is 11.3 Å². The van der Waals surface area contributed by atoms with Crippen molar-refractivity contribution in [2.75, 3.05) is 5.32 Å². The Bertz CT molecular complexity index is 639. The van der Waals surface area contributed by atoms with Crippen LogP contribution in [0.2, 0.25) is 0 Å². The minimum atomic E-state index is -0.713. The van der Waals surface area contributed by atoms with Gasteiger partial charge in [-0.05, 0) is 29.7 Å². The Balaban J connectivity index is 1.96. The van der Waals surface area contributed by atoms with Crippen LogP contribution in [0, 0.1) is 6.92 Å². The lowest BCUT2D eigenvalue weighted by molar-refractivity contribution is -0.122. The zero-order chi connectivity index (χ0) is 14.2. The highest BCUT2D eigenvalue weighted by atomic mass is 16.1. The second kappa shape index (κ2) is 4.67. The van der Waals surface area contributed by atoms with Gasteiger partial charge in [-0.3, -0.25) is 4.79 Å². The minimum absolute atomic E-state index is 0.294. The summed E-state index contributed by atoms with van der Waals surface area (Å²) in [4.78, 5) is 12.1. The molecule has 0 bridgehead atoms. The van der Waals surface area contributed by atoms with Crippen LogP contribution in [0.15, 0.2) is 48.5 Å². The van der Waals surface area contributed by atoms with Crippen LogP contribution in [0.3, 0.4) is 0 Å². The number of aryl methyl sites for hydroxylation is 1. The van der Waals surface area contributed by atoms with Gasteiger partial charge in [0, 0.05) is 18.5 Å². The van der Waals surface area contributed by atoms with Crippen molar-refractivity contribution in [1.29, 1.82) is 0 Å². The Kier molecular flexibility index (Phi) is 2.97. The van der Waals surface area contributed by atoms with Gasteiger partial charge < -0.3 is 11.1 Å². The number of hydrogen-bond acceptors (Lipinski definition) is 2. The fourth-order valence-electron chi connectivity index (χ4n) is 2.91. The summed E-state index contributed by atoms with van der Waals surface area (Å²) in [6.45, 7) is 2.03. The first-order chi connectivity index (χ1) is 9.61. The summed E-state index contributed by atoms with van der Waals surface area (Å²) in [5.41, 5.74) is 9.48. The molecule has 0 spiro atoms. The van der Waals surface area contributed by atoms with E-state index in [4.69, 9.17) is 5.73 Å². The molecule has 1 aliphatic carbocycles. The molecule has 1 amide bonds. The molecule has 3 N–H and O–H groups in total. The summed E-state index contributed by atoms with van der Waals surface area (Å²) in [6.07, 6.45) is 1.29. The Labute approximate surface area is 118 Å². The summed E-state index contributed by atoms with van der Waals surface area (Å²) in [5, 5.41) is 3.39. The molecule has 102 valence electrons. The number of carbonyl (C=O) groups excluding carboxylic acids is 1. The maximum atomic E-state index is 12.1. The van der Waals surface area contributed by atoms with Crippen LogP contribution in [0.1, 0.15) is 16.7 Å². The van der Waals surface area contributed by atoms with Crippen LogP contribution >= 0.6 is 0 Å². The SMILES string of the molecule is Cc1ccccc1NC1(C(N)=O)Cc2ccccc2C1. The van der Waals surface area contributed by atoms with Crippen molar-refractivity contribution >= 4 is 11.6 Å². The molecule has 0 aromatic heterocycles. The fraction of sp³-hybridized carbons (Fsp3) is 0.235. The van der Waals surface area contributed by atoms with Gasteiger partial charge in [0.1, 0.15) is 5.54 Å². The molecule has 0 radical (unpaired) electrons. The van der Waals surface area contributed by atoms with Crippen molar-refractivity contribution in [1.82, 2.24) is 0 Å². The number of benzene rings is 2. The third-order valence-electron chi connectivity index (χ3n) is 4.09. The van der Waals surface area contributed by atoms with E-state index < -0.39 is 5.54 Å². The number of para-hydroxylation sites is 1. The molecule has 20 heavy (non-hydrogen) atoms. The zero-order valence-corrected chi connectivity index (χ0v) is 11.5. The fourth-order valence-corrected chi connectivity index (χ4v) is 2.91. The quantitative estimate of drug-likeness (QED) is 0.896. The van der Waals surface area contributed by atoms with E-state index in [2.05, 4.69) is 17.4 Å². The van der Waals surface area contributed by atoms with Crippen molar-refractivity contribution in [2.24, 2.45) is 5.73 Å². The second-order valence-corrected chi connectivity index (χ2v) is 5.51. The van der Waals surface area contributed by atoms with Gasteiger partial charge >= 0.3 is 0 Å². The molecular formula is C17H18N2O. The van der Waals surface area contributed by atoms with Crippen molar-refractivity contribution in [3.8, 4) is 0 Å². The number of amides is 1. The molecule has 2 aromatic rings. The van der Waals surface area contributed by atoms with E-state index in [1.807, 2.05) is 43.3 Å². The predicted molar refractivity (Wildman–Crippen MR) is 80.6 cm³/mol. The molecule has 3 rings (SSSR count). The molecule has 0 saturated carbocycles. The van der Waals surface area contributed by atoms with E-state index in [0.29, 0.717) is 12.8 Å². The lowest BCUT2D eigenvalue weighted by Crippen LogP contribution is -2.51. The lowest BCUT2D eigenvalue weighted by Gasteiger charge is -2.29. The first-order valence-electron chi connectivity index (χ1n) is 6.81. The van der Waals surface area contributed by atoms with E-state index >= 15 is 0 Å². The van der Waals surface area contributed by atoms with Crippen LogP contribution in [-0.4, -0.2) is 11.4 Å². The number of anilines is 1. The molecule has 0 fully saturated rings. The van der Waals surface area contributed by atoms with E-state index in [1.165, 1.54) is 11.1 Å². The number of carbonyl (C=O) groups is 1. The van der Waals surface area contributed by atoms with E-state index in [-0.39, 0.29) is 5.91 Å². The van der Waals surface area contributed by atoms with Crippen LogP contribution in [0.5, 0.6) is 0 Å². The zero-order valence-electron chi connectivity index (χ0n) is 11.5. The highest BCUT2D eigenvalue weighted by Gasteiger charge is 2.42. The average molecular weight is 266 g/mol. The predicted octanol–water partition coefficient (Wildman–Crippen LogP) is 2.43. The van der Waals surface area contributed by atoms with Crippen LogP contribution in [-0.2, 0) is 17.6 Å². The van der Waals surface area contributed by atoms with E-state index in [9.17, 15) is 4.79 Å². The normalized spacial score (nSPS) is 15.7. The molecule has 0 atom stereocenters. The summed E-state index contributed by atoms with van der Waals surface area (Å²) in [7, 11) is 0. The van der Waals surface area contributed by atoms with Crippen molar-refractivity contribution in [2.45, 2.75) is 25.3 Å². The summed E-state index contributed by atoms with van der Waals surface area (Å²) in [6, 6.07) is 16.1. The monoisotopic (exact) mass is 266 g/mol. The summed E-state index contributed by atoms with van der Waals surface area (Å²) < 4.78 is 0. The average Bonchev–Trinajstić information content (AvgIpc) is 2.81. The Morgan fingerprint density at radius 1 is 1.05 bits per heavy atom.